The van der Waals surface area contributed by atoms with Gasteiger partial charge in [0.25, 0.3) is 5.56 Å². The van der Waals surface area contributed by atoms with E-state index in [1.165, 1.54) is 0 Å². The summed E-state index contributed by atoms with van der Waals surface area (Å²) in [5.41, 5.74) is 1.32. The third kappa shape index (κ3) is 3.04. The standard InChI is InChI=1S/C17H12BrIN4O2/c1-8-4-10(23-25-8)6-20-16-11-3-2-9(18)5-12(11)14-15(22-16)13(19)7-21-17(14)24/h2-5,7H,6H2,1H3,(H,20,22)(H,21,24). The van der Waals surface area contributed by atoms with Gasteiger partial charge in [-0.3, -0.25) is 4.79 Å². The van der Waals surface area contributed by atoms with Crippen LogP contribution in [0.15, 0.2) is 44.3 Å². The number of aryl methyl sites for hydroxylation is 1. The van der Waals surface area contributed by atoms with Crippen LogP contribution in [0.4, 0.5) is 5.82 Å². The van der Waals surface area contributed by atoms with Crippen LogP contribution in [0.1, 0.15) is 11.5 Å². The van der Waals surface area contributed by atoms with Crippen molar-refractivity contribution in [1.82, 2.24) is 15.1 Å². The largest absolute Gasteiger partial charge is 0.364 e. The summed E-state index contributed by atoms with van der Waals surface area (Å²) in [7, 11) is 0. The van der Waals surface area contributed by atoms with Crippen LogP contribution in [-0.2, 0) is 6.54 Å². The van der Waals surface area contributed by atoms with Crippen LogP contribution in [0, 0.1) is 10.5 Å². The smallest absolute Gasteiger partial charge is 0.258 e. The molecule has 8 heteroatoms. The molecule has 126 valence electrons. The van der Waals surface area contributed by atoms with Crippen molar-refractivity contribution in [3.05, 3.63) is 60.3 Å². The van der Waals surface area contributed by atoms with Crippen LogP contribution in [-0.4, -0.2) is 15.1 Å². The fourth-order valence-corrected chi connectivity index (χ4v) is 3.67. The highest BCUT2D eigenvalue weighted by atomic mass is 127. The Labute approximate surface area is 164 Å². The first-order valence-corrected chi connectivity index (χ1v) is 9.36. The summed E-state index contributed by atoms with van der Waals surface area (Å²) in [6, 6.07) is 7.70. The number of rotatable bonds is 3. The van der Waals surface area contributed by atoms with Crippen molar-refractivity contribution in [1.29, 1.82) is 0 Å². The zero-order chi connectivity index (χ0) is 17.6. The lowest BCUT2D eigenvalue weighted by molar-refractivity contribution is 0.391. The zero-order valence-electron chi connectivity index (χ0n) is 13.1. The van der Waals surface area contributed by atoms with Crippen molar-refractivity contribution < 1.29 is 4.52 Å². The van der Waals surface area contributed by atoms with Gasteiger partial charge in [-0.2, -0.15) is 0 Å². The monoisotopic (exact) mass is 510 g/mol. The predicted molar refractivity (Wildman–Crippen MR) is 109 cm³/mol. The van der Waals surface area contributed by atoms with Crippen LogP contribution in [0.2, 0.25) is 0 Å². The van der Waals surface area contributed by atoms with Crippen LogP contribution in [0.25, 0.3) is 21.7 Å². The molecule has 0 saturated carbocycles. The molecule has 3 heterocycles. The number of pyridine rings is 2. The molecule has 4 rings (SSSR count). The number of hydrogen-bond donors (Lipinski definition) is 2. The molecule has 1 aromatic carbocycles. The molecule has 0 aliphatic rings. The SMILES string of the molecule is Cc1cc(CNc2nc3c(I)c[nH]c(=O)c3c3cc(Br)ccc23)no1. The summed E-state index contributed by atoms with van der Waals surface area (Å²) in [6.45, 7) is 2.34. The molecule has 0 saturated heterocycles. The minimum atomic E-state index is -0.148. The van der Waals surface area contributed by atoms with Crippen molar-refractivity contribution >= 4 is 66.0 Å². The maximum atomic E-state index is 12.4. The van der Waals surface area contributed by atoms with Crippen LogP contribution < -0.4 is 10.9 Å². The molecule has 0 radical (unpaired) electrons. The Balaban J connectivity index is 1.93. The molecule has 0 atom stereocenters. The average Bonchev–Trinajstić information content (AvgIpc) is 3.01. The van der Waals surface area contributed by atoms with E-state index in [1.807, 2.05) is 31.2 Å². The van der Waals surface area contributed by atoms with Gasteiger partial charge in [0.2, 0.25) is 0 Å². The fourth-order valence-electron chi connectivity index (χ4n) is 2.77. The number of nitrogens with one attached hydrogen (secondary N) is 2. The second-order valence-corrected chi connectivity index (χ2v) is 7.70. The van der Waals surface area contributed by atoms with Crippen molar-refractivity contribution in [3.8, 4) is 0 Å². The number of fused-ring (bicyclic) bond motifs is 3. The van der Waals surface area contributed by atoms with Crippen molar-refractivity contribution in [2.24, 2.45) is 0 Å². The Hall–Kier alpha value is -1.94. The average molecular weight is 511 g/mol. The van der Waals surface area contributed by atoms with E-state index in [0.717, 1.165) is 30.3 Å². The Morgan fingerprint density at radius 2 is 2.16 bits per heavy atom. The van der Waals surface area contributed by atoms with Crippen LogP contribution in [0.3, 0.4) is 0 Å². The van der Waals surface area contributed by atoms with Crippen molar-refractivity contribution in [3.63, 3.8) is 0 Å². The minimum Gasteiger partial charge on any atom is -0.364 e. The number of halogens is 2. The number of aromatic amines is 1. The second kappa shape index (κ2) is 6.41. The highest BCUT2D eigenvalue weighted by molar-refractivity contribution is 14.1. The predicted octanol–water partition coefficient (Wildman–Crippen LogP) is 4.35. The van der Waals surface area contributed by atoms with Crippen LogP contribution in [0.5, 0.6) is 0 Å². The zero-order valence-corrected chi connectivity index (χ0v) is 16.8. The first kappa shape index (κ1) is 16.5. The van der Waals surface area contributed by atoms with Gasteiger partial charge in [-0.25, -0.2) is 4.98 Å². The Morgan fingerprint density at radius 3 is 2.92 bits per heavy atom. The van der Waals surface area contributed by atoms with Crippen LogP contribution >= 0.6 is 38.5 Å². The lowest BCUT2D eigenvalue weighted by Crippen LogP contribution is -2.10. The van der Waals surface area contributed by atoms with E-state index in [0.29, 0.717) is 23.3 Å². The van der Waals surface area contributed by atoms with E-state index in [-0.39, 0.29) is 5.56 Å². The number of hydrogen-bond acceptors (Lipinski definition) is 5. The molecule has 0 fully saturated rings. The van der Waals surface area contributed by atoms with Crippen molar-refractivity contribution in [2.45, 2.75) is 13.5 Å². The van der Waals surface area contributed by atoms with Gasteiger partial charge in [-0.15, -0.1) is 0 Å². The number of H-pyrrole nitrogens is 1. The number of benzene rings is 1. The highest BCUT2D eigenvalue weighted by Gasteiger charge is 2.14. The summed E-state index contributed by atoms with van der Waals surface area (Å²) >= 11 is 5.66. The molecule has 4 aromatic rings. The van der Waals surface area contributed by atoms with Gasteiger partial charge in [0.1, 0.15) is 17.3 Å². The molecule has 6 nitrogen and oxygen atoms in total. The van der Waals surface area contributed by atoms with Crippen molar-refractivity contribution in [2.75, 3.05) is 5.32 Å². The molecule has 0 aliphatic heterocycles. The quantitative estimate of drug-likeness (QED) is 0.316. The summed E-state index contributed by atoms with van der Waals surface area (Å²) < 4.78 is 6.89. The number of nitrogens with zero attached hydrogens (tertiary/aromatic N) is 2. The summed E-state index contributed by atoms with van der Waals surface area (Å²) in [6.07, 6.45) is 1.67. The Bertz CT molecular complexity index is 1170. The van der Waals surface area contributed by atoms with E-state index >= 15 is 0 Å². The lowest BCUT2D eigenvalue weighted by Gasteiger charge is -2.11. The third-order valence-electron chi connectivity index (χ3n) is 3.86. The first-order valence-electron chi connectivity index (χ1n) is 7.49. The second-order valence-electron chi connectivity index (χ2n) is 5.62. The molecular formula is C17H12BrIN4O2. The minimum absolute atomic E-state index is 0.148. The highest BCUT2D eigenvalue weighted by Crippen LogP contribution is 2.31. The summed E-state index contributed by atoms with van der Waals surface area (Å²) in [4.78, 5) is 19.9. The summed E-state index contributed by atoms with van der Waals surface area (Å²) in [5.74, 6) is 1.47. The normalized spacial score (nSPS) is 11.3. The van der Waals surface area contributed by atoms with E-state index in [4.69, 9.17) is 9.51 Å². The lowest BCUT2D eigenvalue weighted by atomic mass is 10.1. The van der Waals surface area contributed by atoms with E-state index in [1.54, 1.807) is 6.20 Å². The van der Waals surface area contributed by atoms with E-state index in [2.05, 4.69) is 54.0 Å². The maximum Gasteiger partial charge on any atom is 0.258 e. The van der Waals surface area contributed by atoms with Gasteiger partial charge in [-0.05, 0) is 47.7 Å². The number of anilines is 1. The van der Waals surface area contributed by atoms with E-state index < -0.39 is 0 Å². The molecule has 0 bridgehead atoms. The molecular weight excluding hydrogens is 499 g/mol. The molecule has 25 heavy (non-hydrogen) atoms. The molecule has 0 amide bonds. The van der Waals surface area contributed by atoms with Gasteiger partial charge >= 0.3 is 0 Å². The van der Waals surface area contributed by atoms with E-state index in [9.17, 15) is 4.79 Å². The molecule has 3 aromatic heterocycles. The third-order valence-corrected chi connectivity index (χ3v) is 5.18. The van der Waals surface area contributed by atoms with Gasteiger partial charge in [0.05, 0.1) is 21.0 Å². The van der Waals surface area contributed by atoms with Gasteiger partial charge < -0.3 is 14.8 Å². The molecule has 0 aliphatic carbocycles. The Morgan fingerprint density at radius 1 is 1.32 bits per heavy atom. The summed E-state index contributed by atoms with van der Waals surface area (Å²) in [5, 5.41) is 9.61. The van der Waals surface area contributed by atoms with Gasteiger partial charge in [-0.1, -0.05) is 21.1 Å². The molecule has 2 N–H and O–H groups in total. The Kier molecular flexibility index (Phi) is 4.24. The fraction of sp³-hybridized carbons (Fsp3) is 0.118. The van der Waals surface area contributed by atoms with Gasteiger partial charge in [0, 0.05) is 27.5 Å². The molecule has 0 unspecified atom stereocenters. The maximum absolute atomic E-state index is 12.4. The topological polar surface area (TPSA) is 83.8 Å². The first-order chi connectivity index (χ1) is 12.0. The molecule has 0 spiro atoms. The van der Waals surface area contributed by atoms with Gasteiger partial charge in [0.15, 0.2) is 0 Å². The number of aromatic nitrogens is 3.